The first-order valence-corrected chi connectivity index (χ1v) is 12.6. The second-order valence-electron chi connectivity index (χ2n) is 10.7. The number of carboxylic acid groups (broad SMARTS) is 1. The zero-order valence-corrected chi connectivity index (χ0v) is 20.3. The molecule has 2 saturated carbocycles. The zero-order chi connectivity index (χ0) is 24.4. The van der Waals surface area contributed by atoms with Crippen LogP contribution >= 0.6 is 0 Å². The number of carbonyl (C=O) groups is 2. The molecule has 2 aromatic carbocycles. The number of rotatable bonds is 4. The van der Waals surface area contributed by atoms with Crippen LogP contribution in [0.5, 0.6) is 0 Å². The van der Waals surface area contributed by atoms with Crippen LogP contribution in [0.25, 0.3) is 11.0 Å². The minimum Gasteiger partial charge on any atom is -0.481 e. The van der Waals surface area contributed by atoms with Gasteiger partial charge >= 0.3 is 12.1 Å². The summed E-state index contributed by atoms with van der Waals surface area (Å²) in [5.41, 5.74) is 4.27. The van der Waals surface area contributed by atoms with Gasteiger partial charge < -0.3 is 14.4 Å². The van der Waals surface area contributed by atoms with Crippen LogP contribution in [0.2, 0.25) is 0 Å². The highest BCUT2D eigenvalue weighted by Crippen LogP contribution is 2.61. The molecule has 1 atom stereocenters. The lowest BCUT2D eigenvalue weighted by Crippen LogP contribution is -2.42. The Kier molecular flexibility index (Phi) is 4.95. The van der Waals surface area contributed by atoms with E-state index in [0.29, 0.717) is 25.7 Å². The van der Waals surface area contributed by atoms with E-state index < -0.39 is 11.4 Å². The largest absolute Gasteiger partial charge is 0.481 e. The Morgan fingerprint density at radius 3 is 2.51 bits per heavy atom. The van der Waals surface area contributed by atoms with E-state index in [2.05, 4.69) is 22.8 Å². The van der Waals surface area contributed by atoms with Gasteiger partial charge in [-0.15, -0.1) is 0 Å². The van der Waals surface area contributed by atoms with Gasteiger partial charge in [-0.3, -0.25) is 9.69 Å². The number of carboxylic acids is 1. The second kappa shape index (κ2) is 7.83. The number of aryl methyl sites for hydroxylation is 1. The predicted octanol–water partition coefficient (Wildman–Crippen LogP) is 5.28. The van der Waals surface area contributed by atoms with Crippen molar-refractivity contribution in [2.75, 3.05) is 12.0 Å². The molecule has 1 amide bonds. The molecule has 0 radical (unpaired) electrons. The molecule has 2 fully saturated rings. The minimum absolute atomic E-state index is 0.0534. The third kappa shape index (κ3) is 3.20. The number of imidazole rings is 1. The first kappa shape index (κ1) is 22.1. The van der Waals surface area contributed by atoms with E-state index in [4.69, 9.17) is 9.72 Å². The summed E-state index contributed by atoms with van der Waals surface area (Å²) in [6.45, 7) is 2.05. The fraction of sp³-hybridized carbons (Fsp3) is 0.464. The first-order chi connectivity index (χ1) is 16.9. The molecule has 0 saturated heterocycles. The number of hydrogen-bond acceptors (Lipinski definition) is 4. The topological polar surface area (TPSA) is 84.7 Å². The van der Waals surface area contributed by atoms with E-state index in [1.54, 1.807) is 4.90 Å². The Labute approximate surface area is 204 Å². The molecular formula is C28H31N3O4. The van der Waals surface area contributed by atoms with Crippen LogP contribution < -0.4 is 4.90 Å². The third-order valence-corrected chi connectivity index (χ3v) is 8.80. The van der Waals surface area contributed by atoms with Crippen LogP contribution in [0, 0.1) is 5.41 Å². The number of aromatic nitrogens is 2. The van der Waals surface area contributed by atoms with Crippen LogP contribution in [-0.2, 0) is 27.9 Å². The Morgan fingerprint density at radius 1 is 1.11 bits per heavy atom. The zero-order valence-electron chi connectivity index (χ0n) is 20.3. The van der Waals surface area contributed by atoms with E-state index in [-0.39, 0.29) is 17.7 Å². The number of amides is 1. The summed E-state index contributed by atoms with van der Waals surface area (Å²) in [4.78, 5) is 31.8. The fourth-order valence-corrected chi connectivity index (χ4v) is 7.00. The maximum Gasteiger partial charge on any atom is 0.414 e. The highest BCUT2D eigenvalue weighted by atomic mass is 16.5. The van der Waals surface area contributed by atoms with E-state index in [1.165, 1.54) is 12.7 Å². The summed E-state index contributed by atoms with van der Waals surface area (Å²) in [5, 5.41) is 10.0. The van der Waals surface area contributed by atoms with Gasteiger partial charge in [-0.2, -0.15) is 0 Å². The summed E-state index contributed by atoms with van der Waals surface area (Å²) in [7, 11) is 1.42. The molecule has 35 heavy (non-hydrogen) atoms. The van der Waals surface area contributed by atoms with Gasteiger partial charge in [0.2, 0.25) is 0 Å². The summed E-state index contributed by atoms with van der Waals surface area (Å²) >= 11 is 0. The molecule has 3 aromatic rings. The molecular weight excluding hydrogens is 442 g/mol. The van der Waals surface area contributed by atoms with Crippen LogP contribution in [0.4, 0.5) is 10.5 Å². The fourth-order valence-electron chi connectivity index (χ4n) is 7.00. The molecule has 1 unspecified atom stereocenters. The van der Waals surface area contributed by atoms with Crippen LogP contribution in [0.15, 0.2) is 42.5 Å². The molecule has 2 bridgehead atoms. The van der Waals surface area contributed by atoms with Crippen LogP contribution in [-0.4, -0.2) is 39.9 Å². The monoisotopic (exact) mass is 473 g/mol. The lowest BCUT2D eigenvalue weighted by atomic mass is 9.84. The number of ether oxygens (including phenoxy) is 1. The Morgan fingerprint density at radius 2 is 1.86 bits per heavy atom. The van der Waals surface area contributed by atoms with Gasteiger partial charge in [0.05, 0.1) is 29.2 Å². The van der Waals surface area contributed by atoms with Crippen LogP contribution in [0.3, 0.4) is 0 Å². The van der Waals surface area contributed by atoms with Crippen molar-refractivity contribution < 1.29 is 19.4 Å². The highest BCUT2D eigenvalue weighted by molar-refractivity contribution is 5.95. The van der Waals surface area contributed by atoms with Crippen molar-refractivity contribution in [1.82, 2.24) is 9.55 Å². The smallest absolute Gasteiger partial charge is 0.414 e. The van der Waals surface area contributed by atoms with Crippen molar-refractivity contribution in [3.63, 3.8) is 0 Å². The predicted molar refractivity (Wildman–Crippen MR) is 133 cm³/mol. The van der Waals surface area contributed by atoms with Crippen molar-refractivity contribution in [3.8, 4) is 0 Å². The maximum atomic E-state index is 12.6. The Balaban J connectivity index is 1.54. The number of nitrogens with zero attached hydrogens (tertiary/aromatic N) is 3. The van der Waals surface area contributed by atoms with Gasteiger partial charge in [-0.25, -0.2) is 9.78 Å². The molecule has 2 heterocycles. The normalized spacial score (nSPS) is 27.3. The summed E-state index contributed by atoms with van der Waals surface area (Å²) < 4.78 is 7.48. The van der Waals surface area contributed by atoms with Crippen LogP contribution in [0.1, 0.15) is 62.4 Å². The molecule has 182 valence electrons. The summed E-state index contributed by atoms with van der Waals surface area (Å²) in [6, 6.07) is 14.5. The van der Waals surface area contributed by atoms with Gasteiger partial charge in [0.1, 0.15) is 5.82 Å². The first-order valence-electron chi connectivity index (χ1n) is 12.6. The average molecular weight is 474 g/mol. The van der Waals surface area contributed by atoms with Crippen molar-refractivity contribution in [3.05, 3.63) is 59.4 Å². The standard InChI is InChI=1S/C28H31N3O4/c1-18-8-9-20-21(30(18)26(34)35-2)10-11-22-24(20)29-23(16-19-6-4-3-5-7-19)31(22)28-14-12-27(17-28,13-15-28)25(32)33/h3-7,10-11,18H,8-9,12-17H2,1-2H3,(H,32,33). The molecule has 0 spiro atoms. The molecule has 7 nitrogen and oxygen atoms in total. The molecule has 1 N–H and O–H groups in total. The lowest BCUT2D eigenvalue weighted by Gasteiger charge is -2.34. The van der Waals surface area contributed by atoms with E-state index in [1.807, 2.05) is 31.2 Å². The molecule has 3 aliphatic rings. The summed E-state index contributed by atoms with van der Waals surface area (Å²) in [5.74, 6) is 0.317. The number of carbonyl (C=O) groups excluding carboxylic acids is 1. The van der Waals surface area contributed by atoms with E-state index in [0.717, 1.165) is 53.8 Å². The summed E-state index contributed by atoms with van der Waals surface area (Å²) in [6.07, 6.45) is 5.82. The maximum absolute atomic E-state index is 12.6. The number of fused-ring (bicyclic) bond motifs is 5. The third-order valence-electron chi connectivity index (χ3n) is 8.80. The van der Waals surface area contributed by atoms with Gasteiger partial charge in [0.25, 0.3) is 0 Å². The van der Waals surface area contributed by atoms with Crippen molar-refractivity contribution in [2.45, 2.75) is 69.9 Å². The number of benzene rings is 2. The quantitative estimate of drug-likeness (QED) is 0.557. The Hall–Kier alpha value is -3.35. The average Bonchev–Trinajstić information content (AvgIpc) is 3.55. The lowest BCUT2D eigenvalue weighted by molar-refractivity contribution is -0.148. The number of methoxy groups -OCH3 is 1. The van der Waals surface area contributed by atoms with Crippen molar-refractivity contribution >= 4 is 28.8 Å². The minimum atomic E-state index is -0.661. The molecule has 1 aliphatic heterocycles. The molecule has 2 aliphatic carbocycles. The van der Waals surface area contributed by atoms with Gasteiger partial charge in [-0.1, -0.05) is 30.3 Å². The number of anilines is 1. The van der Waals surface area contributed by atoms with Crippen molar-refractivity contribution in [1.29, 1.82) is 0 Å². The van der Waals surface area contributed by atoms with E-state index >= 15 is 0 Å². The molecule has 6 rings (SSSR count). The number of aliphatic carboxylic acids is 1. The molecule has 1 aromatic heterocycles. The highest BCUT2D eigenvalue weighted by Gasteiger charge is 2.60. The van der Waals surface area contributed by atoms with Gasteiger partial charge in [0.15, 0.2) is 0 Å². The van der Waals surface area contributed by atoms with Gasteiger partial charge in [0, 0.05) is 23.6 Å². The molecule has 7 heteroatoms. The van der Waals surface area contributed by atoms with Crippen molar-refractivity contribution in [2.24, 2.45) is 5.41 Å². The number of hydrogen-bond donors (Lipinski definition) is 1. The SMILES string of the molecule is COC(=O)N1c2ccc3c(nc(Cc4ccccc4)n3C34CCC(C(=O)O)(CC3)C4)c2CCC1C. The Bertz CT molecular complexity index is 1320. The second-order valence-corrected chi connectivity index (χ2v) is 10.7. The van der Waals surface area contributed by atoms with E-state index in [9.17, 15) is 14.7 Å². The van der Waals surface area contributed by atoms with Gasteiger partial charge in [-0.05, 0) is 69.6 Å².